The van der Waals surface area contributed by atoms with Gasteiger partial charge in [-0.2, -0.15) is 0 Å². The van der Waals surface area contributed by atoms with Crippen molar-refractivity contribution < 1.29 is 18.4 Å². The molecule has 3 N–H and O–H groups in total. The van der Waals surface area contributed by atoms with Crippen molar-refractivity contribution in [1.82, 2.24) is 5.32 Å². The smallest absolute Gasteiger partial charge is 0.240 e. The predicted octanol–water partition coefficient (Wildman–Crippen LogP) is 2.87. The first kappa shape index (κ1) is 18.5. The van der Waals surface area contributed by atoms with Crippen molar-refractivity contribution >= 4 is 22.6 Å². The molecule has 4 nitrogen and oxygen atoms in total. The first-order valence-electron chi connectivity index (χ1n) is 8.42. The molecule has 0 unspecified atom stereocenters. The molecule has 0 heterocycles. The van der Waals surface area contributed by atoms with E-state index in [0.29, 0.717) is 0 Å². The largest absolute Gasteiger partial charge is 0.368 e. The molecular formula is C21H18F2N2O2. The quantitative estimate of drug-likeness (QED) is 0.702. The summed E-state index contributed by atoms with van der Waals surface area (Å²) in [5.74, 6) is -2.74. The van der Waals surface area contributed by atoms with Gasteiger partial charge in [0, 0.05) is 12.5 Å². The second-order valence-electron chi connectivity index (χ2n) is 6.32. The zero-order valence-corrected chi connectivity index (χ0v) is 14.4. The maximum Gasteiger partial charge on any atom is 0.240 e. The summed E-state index contributed by atoms with van der Waals surface area (Å²) in [6, 6.07) is 15.3. The Bertz CT molecular complexity index is 979. The van der Waals surface area contributed by atoms with Crippen molar-refractivity contribution in [1.29, 1.82) is 0 Å². The van der Waals surface area contributed by atoms with Crippen LogP contribution in [0.15, 0.2) is 60.7 Å². The van der Waals surface area contributed by atoms with E-state index < -0.39 is 29.5 Å². The SMILES string of the molecule is NC(=O)[C@@H](Cc1cccc2ccccc12)NC(=O)Cc1cc(F)cc(F)c1. The lowest BCUT2D eigenvalue weighted by Crippen LogP contribution is -2.46. The molecule has 0 saturated heterocycles. The van der Waals surface area contributed by atoms with Crippen molar-refractivity contribution in [2.75, 3.05) is 0 Å². The Morgan fingerprint density at radius 2 is 1.63 bits per heavy atom. The van der Waals surface area contributed by atoms with E-state index in [1.54, 1.807) is 0 Å². The van der Waals surface area contributed by atoms with Gasteiger partial charge >= 0.3 is 0 Å². The van der Waals surface area contributed by atoms with Crippen molar-refractivity contribution in [3.63, 3.8) is 0 Å². The molecule has 27 heavy (non-hydrogen) atoms. The Labute approximate surface area is 155 Å². The van der Waals surface area contributed by atoms with E-state index in [-0.39, 0.29) is 18.4 Å². The summed E-state index contributed by atoms with van der Waals surface area (Å²) in [5.41, 5.74) is 6.49. The number of carbonyl (C=O) groups is 2. The van der Waals surface area contributed by atoms with Gasteiger partial charge in [0.2, 0.25) is 11.8 Å². The number of carbonyl (C=O) groups excluding carboxylic acids is 2. The summed E-state index contributed by atoms with van der Waals surface area (Å²) >= 11 is 0. The molecule has 2 amide bonds. The lowest BCUT2D eigenvalue weighted by Gasteiger charge is -2.17. The molecule has 3 aromatic carbocycles. The molecule has 138 valence electrons. The fraction of sp³-hybridized carbons (Fsp3) is 0.143. The van der Waals surface area contributed by atoms with Crippen LogP contribution in [0, 0.1) is 11.6 Å². The number of fused-ring (bicyclic) bond motifs is 1. The molecular weight excluding hydrogens is 350 g/mol. The number of rotatable bonds is 6. The topological polar surface area (TPSA) is 72.2 Å². The summed E-state index contributed by atoms with van der Waals surface area (Å²) in [5, 5.41) is 4.54. The van der Waals surface area contributed by atoms with Crippen LogP contribution in [-0.4, -0.2) is 17.9 Å². The van der Waals surface area contributed by atoms with Crippen molar-refractivity contribution in [2.24, 2.45) is 5.73 Å². The molecule has 3 aromatic rings. The molecule has 0 fully saturated rings. The summed E-state index contributed by atoms with van der Waals surface area (Å²) in [7, 11) is 0. The first-order valence-corrected chi connectivity index (χ1v) is 8.42. The molecule has 0 bridgehead atoms. The monoisotopic (exact) mass is 368 g/mol. The first-order chi connectivity index (χ1) is 12.9. The third-order valence-corrected chi connectivity index (χ3v) is 4.27. The van der Waals surface area contributed by atoms with Gasteiger partial charge < -0.3 is 11.1 Å². The van der Waals surface area contributed by atoms with Gasteiger partial charge in [-0.3, -0.25) is 9.59 Å². The van der Waals surface area contributed by atoms with Crippen LogP contribution < -0.4 is 11.1 Å². The lowest BCUT2D eigenvalue weighted by molar-refractivity contribution is -0.126. The fourth-order valence-electron chi connectivity index (χ4n) is 3.06. The molecule has 0 radical (unpaired) electrons. The minimum absolute atomic E-state index is 0.179. The van der Waals surface area contributed by atoms with Gasteiger partial charge in [-0.15, -0.1) is 0 Å². The van der Waals surface area contributed by atoms with Crippen LogP contribution in [0.2, 0.25) is 0 Å². The highest BCUT2D eigenvalue weighted by atomic mass is 19.1. The molecule has 0 spiro atoms. The van der Waals surface area contributed by atoms with Gasteiger partial charge in [0.15, 0.2) is 0 Å². The number of benzene rings is 3. The highest BCUT2D eigenvalue weighted by Gasteiger charge is 2.20. The van der Waals surface area contributed by atoms with Crippen molar-refractivity contribution in [2.45, 2.75) is 18.9 Å². The molecule has 6 heteroatoms. The number of nitrogens with one attached hydrogen (secondary N) is 1. The molecule has 0 aromatic heterocycles. The van der Waals surface area contributed by atoms with Crippen molar-refractivity contribution in [3.05, 3.63) is 83.4 Å². The third kappa shape index (κ3) is 4.67. The fourth-order valence-corrected chi connectivity index (χ4v) is 3.06. The number of nitrogens with two attached hydrogens (primary N) is 1. The number of amides is 2. The molecule has 0 aliphatic carbocycles. The van der Waals surface area contributed by atoms with E-state index in [0.717, 1.165) is 34.5 Å². The minimum atomic E-state index is -0.929. The number of halogens is 2. The van der Waals surface area contributed by atoms with Gasteiger partial charge in [0.05, 0.1) is 6.42 Å². The molecule has 0 saturated carbocycles. The van der Waals surface area contributed by atoms with E-state index >= 15 is 0 Å². The highest BCUT2D eigenvalue weighted by molar-refractivity contribution is 5.90. The van der Waals surface area contributed by atoms with Gasteiger partial charge in [-0.05, 0) is 34.0 Å². The van der Waals surface area contributed by atoms with E-state index in [2.05, 4.69) is 5.32 Å². The Morgan fingerprint density at radius 1 is 0.963 bits per heavy atom. The third-order valence-electron chi connectivity index (χ3n) is 4.27. The lowest BCUT2D eigenvalue weighted by atomic mass is 9.98. The second-order valence-corrected chi connectivity index (χ2v) is 6.32. The predicted molar refractivity (Wildman–Crippen MR) is 98.8 cm³/mol. The van der Waals surface area contributed by atoms with Crippen LogP contribution in [0.25, 0.3) is 10.8 Å². The maximum absolute atomic E-state index is 13.3. The average Bonchev–Trinajstić information content (AvgIpc) is 2.60. The molecule has 3 rings (SSSR count). The van der Waals surface area contributed by atoms with Gasteiger partial charge in [0.25, 0.3) is 0 Å². The summed E-state index contributed by atoms with van der Waals surface area (Å²) < 4.78 is 26.5. The maximum atomic E-state index is 13.3. The molecule has 0 aliphatic heterocycles. The van der Waals surface area contributed by atoms with Crippen LogP contribution in [-0.2, 0) is 22.4 Å². The number of primary amides is 1. The zero-order chi connectivity index (χ0) is 19.4. The average molecular weight is 368 g/mol. The Hall–Kier alpha value is -3.28. The van der Waals surface area contributed by atoms with Crippen molar-refractivity contribution in [3.8, 4) is 0 Å². The Kier molecular flexibility index (Phi) is 5.45. The highest BCUT2D eigenvalue weighted by Crippen LogP contribution is 2.20. The van der Waals surface area contributed by atoms with Gasteiger partial charge in [0.1, 0.15) is 17.7 Å². The van der Waals surface area contributed by atoms with E-state index in [9.17, 15) is 18.4 Å². The van der Waals surface area contributed by atoms with Crippen LogP contribution >= 0.6 is 0 Å². The van der Waals surface area contributed by atoms with Gasteiger partial charge in [-0.1, -0.05) is 42.5 Å². The normalized spacial score (nSPS) is 11.9. The van der Waals surface area contributed by atoms with E-state index in [4.69, 9.17) is 5.73 Å². The van der Waals surface area contributed by atoms with Gasteiger partial charge in [-0.25, -0.2) is 8.78 Å². The van der Waals surface area contributed by atoms with Crippen LogP contribution in [0.3, 0.4) is 0 Å². The standard InChI is InChI=1S/C21H18F2N2O2/c22-16-8-13(9-17(23)12-16)10-20(26)25-19(21(24)27)11-15-6-3-5-14-4-1-2-7-18(14)15/h1-9,12,19H,10-11H2,(H2,24,27)(H,25,26)/t19-/m1/s1. The molecule has 1 atom stereocenters. The van der Waals surface area contributed by atoms with Crippen LogP contribution in [0.5, 0.6) is 0 Å². The van der Waals surface area contributed by atoms with E-state index in [1.807, 2.05) is 42.5 Å². The van der Waals surface area contributed by atoms with Crippen LogP contribution in [0.1, 0.15) is 11.1 Å². The second kappa shape index (κ2) is 7.95. The Balaban J connectivity index is 1.75. The zero-order valence-electron chi connectivity index (χ0n) is 14.4. The number of hydrogen-bond acceptors (Lipinski definition) is 2. The van der Waals surface area contributed by atoms with Crippen LogP contribution in [0.4, 0.5) is 8.78 Å². The van der Waals surface area contributed by atoms with E-state index in [1.165, 1.54) is 0 Å². The number of hydrogen-bond donors (Lipinski definition) is 2. The Morgan fingerprint density at radius 3 is 2.33 bits per heavy atom. The molecule has 0 aliphatic rings. The minimum Gasteiger partial charge on any atom is -0.368 e. The summed E-state index contributed by atoms with van der Waals surface area (Å²) in [6.45, 7) is 0. The summed E-state index contributed by atoms with van der Waals surface area (Å²) in [4.78, 5) is 24.1. The summed E-state index contributed by atoms with van der Waals surface area (Å²) in [6.07, 6.45) is -0.0338.